The van der Waals surface area contributed by atoms with Crippen molar-refractivity contribution < 1.29 is 0 Å². The maximum atomic E-state index is 2.40. The third-order valence-corrected chi connectivity index (χ3v) is 3.12. The molecular formula is C9H14. The van der Waals surface area contributed by atoms with E-state index >= 15 is 0 Å². The smallest absolute Gasteiger partial charge is 0.0234 e. The van der Waals surface area contributed by atoms with Gasteiger partial charge in [-0.15, -0.1) is 0 Å². The second-order valence-electron chi connectivity index (χ2n) is 3.67. The van der Waals surface area contributed by atoms with E-state index in [9.17, 15) is 0 Å². The topological polar surface area (TPSA) is 0 Å². The minimum absolute atomic E-state index is 0.800. The Labute approximate surface area is 57.0 Å². The summed E-state index contributed by atoms with van der Waals surface area (Å²) in [7, 11) is 0. The highest BCUT2D eigenvalue weighted by molar-refractivity contribution is 5.07. The second kappa shape index (κ2) is 1.62. The third kappa shape index (κ3) is 0.726. The zero-order chi connectivity index (χ0) is 6.32. The number of hydrogen-bond acceptors (Lipinski definition) is 0. The standard InChI is InChI=1S/C9H14/c1-8-4-2-3-5-9(8)6-7-9/h2-3,8H,4-7H2,1H3/t8-/m1/s1. The summed E-state index contributed by atoms with van der Waals surface area (Å²) >= 11 is 0. The second-order valence-corrected chi connectivity index (χ2v) is 3.67. The fourth-order valence-electron chi connectivity index (χ4n) is 1.93. The summed E-state index contributed by atoms with van der Waals surface area (Å²) in [6, 6.07) is 0. The van der Waals surface area contributed by atoms with Crippen LogP contribution in [0.5, 0.6) is 0 Å². The van der Waals surface area contributed by atoms with Crippen molar-refractivity contribution in [1.82, 2.24) is 0 Å². The molecule has 2 aliphatic rings. The molecule has 0 nitrogen and oxygen atoms in total. The van der Waals surface area contributed by atoms with E-state index in [0.717, 1.165) is 11.3 Å². The fraction of sp³-hybridized carbons (Fsp3) is 0.778. The molecule has 2 aliphatic carbocycles. The molecule has 1 spiro atoms. The molecule has 1 saturated carbocycles. The molecule has 0 aromatic carbocycles. The molecule has 0 amide bonds. The Hall–Kier alpha value is -0.260. The normalized spacial score (nSPS) is 37.2. The first-order valence-electron chi connectivity index (χ1n) is 3.98. The van der Waals surface area contributed by atoms with Crippen LogP contribution in [0.2, 0.25) is 0 Å². The largest absolute Gasteiger partial charge is 0.0882 e. The minimum Gasteiger partial charge on any atom is -0.0882 e. The molecule has 0 N–H and O–H groups in total. The van der Waals surface area contributed by atoms with Gasteiger partial charge in [0, 0.05) is 0 Å². The van der Waals surface area contributed by atoms with Gasteiger partial charge in [-0.3, -0.25) is 0 Å². The van der Waals surface area contributed by atoms with Crippen LogP contribution in [-0.4, -0.2) is 0 Å². The van der Waals surface area contributed by atoms with Crippen LogP contribution in [0.25, 0.3) is 0 Å². The van der Waals surface area contributed by atoms with Crippen LogP contribution in [0.15, 0.2) is 12.2 Å². The Balaban J connectivity index is 2.15. The van der Waals surface area contributed by atoms with Crippen molar-refractivity contribution in [3.05, 3.63) is 12.2 Å². The molecule has 0 heteroatoms. The molecule has 0 saturated heterocycles. The molecule has 1 fully saturated rings. The predicted molar refractivity (Wildman–Crippen MR) is 39.2 cm³/mol. The lowest BCUT2D eigenvalue weighted by Crippen LogP contribution is -2.13. The van der Waals surface area contributed by atoms with Crippen LogP contribution in [0.4, 0.5) is 0 Å². The van der Waals surface area contributed by atoms with Crippen LogP contribution in [0, 0.1) is 11.3 Å². The first-order valence-corrected chi connectivity index (χ1v) is 3.98. The molecule has 2 rings (SSSR count). The van der Waals surface area contributed by atoms with Gasteiger partial charge in [-0.2, -0.15) is 0 Å². The van der Waals surface area contributed by atoms with E-state index in [1.54, 1.807) is 0 Å². The van der Waals surface area contributed by atoms with Gasteiger partial charge in [0.1, 0.15) is 0 Å². The van der Waals surface area contributed by atoms with Gasteiger partial charge < -0.3 is 0 Å². The molecular weight excluding hydrogens is 108 g/mol. The van der Waals surface area contributed by atoms with Crippen molar-refractivity contribution in [3.8, 4) is 0 Å². The Morgan fingerprint density at radius 2 is 2.11 bits per heavy atom. The molecule has 0 aromatic heterocycles. The van der Waals surface area contributed by atoms with Gasteiger partial charge in [0.05, 0.1) is 0 Å². The van der Waals surface area contributed by atoms with Crippen molar-refractivity contribution in [2.75, 3.05) is 0 Å². The van der Waals surface area contributed by atoms with Crippen LogP contribution in [-0.2, 0) is 0 Å². The molecule has 50 valence electrons. The van der Waals surface area contributed by atoms with Crippen molar-refractivity contribution in [2.45, 2.75) is 32.6 Å². The predicted octanol–water partition coefficient (Wildman–Crippen LogP) is 2.75. The summed E-state index contributed by atoms with van der Waals surface area (Å²) in [5, 5.41) is 0. The van der Waals surface area contributed by atoms with Gasteiger partial charge in [-0.1, -0.05) is 19.1 Å². The molecule has 0 bridgehead atoms. The summed E-state index contributed by atoms with van der Waals surface area (Å²) in [5.41, 5.74) is 0.800. The highest BCUT2D eigenvalue weighted by Gasteiger charge is 2.46. The first-order chi connectivity index (χ1) is 4.33. The highest BCUT2D eigenvalue weighted by atomic mass is 14.5. The molecule has 0 unspecified atom stereocenters. The summed E-state index contributed by atoms with van der Waals surface area (Å²) in [5.74, 6) is 0.975. The summed E-state index contributed by atoms with van der Waals surface area (Å²) < 4.78 is 0. The molecule has 0 heterocycles. The number of allylic oxidation sites excluding steroid dienone is 2. The average Bonchev–Trinajstić information content (AvgIpc) is 2.60. The monoisotopic (exact) mass is 122 g/mol. The number of hydrogen-bond donors (Lipinski definition) is 0. The minimum atomic E-state index is 0.800. The lowest BCUT2D eigenvalue weighted by Gasteiger charge is -2.24. The quantitative estimate of drug-likeness (QED) is 0.433. The van der Waals surface area contributed by atoms with Gasteiger partial charge in [-0.25, -0.2) is 0 Å². The maximum Gasteiger partial charge on any atom is -0.0234 e. The molecule has 0 aromatic rings. The molecule has 9 heavy (non-hydrogen) atoms. The van der Waals surface area contributed by atoms with Crippen LogP contribution in [0.3, 0.4) is 0 Å². The Morgan fingerprint density at radius 1 is 1.33 bits per heavy atom. The van der Waals surface area contributed by atoms with Crippen molar-refractivity contribution in [1.29, 1.82) is 0 Å². The van der Waals surface area contributed by atoms with Crippen molar-refractivity contribution in [3.63, 3.8) is 0 Å². The molecule has 0 aliphatic heterocycles. The fourth-order valence-corrected chi connectivity index (χ4v) is 1.93. The van der Waals surface area contributed by atoms with Crippen LogP contribution in [0.1, 0.15) is 32.6 Å². The molecule has 0 radical (unpaired) electrons. The lowest BCUT2D eigenvalue weighted by molar-refractivity contribution is 0.324. The van der Waals surface area contributed by atoms with E-state index in [4.69, 9.17) is 0 Å². The summed E-state index contributed by atoms with van der Waals surface area (Å²) in [4.78, 5) is 0. The maximum absolute atomic E-state index is 2.40. The number of rotatable bonds is 0. The van der Waals surface area contributed by atoms with Gasteiger partial charge in [0.2, 0.25) is 0 Å². The Bertz CT molecular complexity index is 140. The van der Waals surface area contributed by atoms with Crippen LogP contribution >= 0.6 is 0 Å². The zero-order valence-corrected chi connectivity index (χ0v) is 6.06. The van der Waals surface area contributed by atoms with E-state index in [-0.39, 0.29) is 0 Å². The van der Waals surface area contributed by atoms with Gasteiger partial charge in [0.15, 0.2) is 0 Å². The highest BCUT2D eigenvalue weighted by Crippen LogP contribution is 2.57. The summed E-state index contributed by atoms with van der Waals surface area (Å²) in [6.45, 7) is 2.40. The zero-order valence-electron chi connectivity index (χ0n) is 6.06. The van der Waals surface area contributed by atoms with E-state index in [2.05, 4.69) is 19.1 Å². The third-order valence-electron chi connectivity index (χ3n) is 3.12. The van der Waals surface area contributed by atoms with Crippen LogP contribution < -0.4 is 0 Å². The van der Waals surface area contributed by atoms with Gasteiger partial charge in [-0.05, 0) is 37.0 Å². The molecule has 1 atom stereocenters. The Morgan fingerprint density at radius 3 is 2.56 bits per heavy atom. The van der Waals surface area contributed by atoms with Crippen molar-refractivity contribution in [2.24, 2.45) is 11.3 Å². The first kappa shape index (κ1) is 5.52. The Kier molecular flexibility index (Phi) is 0.992. The van der Waals surface area contributed by atoms with E-state index in [1.165, 1.54) is 25.7 Å². The lowest BCUT2D eigenvalue weighted by atomic mass is 9.81. The van der Waals surface area contributed by atoms with Gasteiger partial charge >= 0.3 is 0 Å². The SMILES string of the molecule is C[C@@H]1CC=CCC12CC2. The average molecular weight is 122 g/mol. The summed E-state index contributed by atoms with van der Waals surface area (Å²) in [6.07, 6.45) is 10.4. The van der Waals surface area contributed by atoms with E-state index in [0.29, 0.717) is 0 Å². The van der Waals surface area contributed by atoms with Gasteiger partial charge in [0.25, 0.3) is 0 Å². The van der Waals surface area contributed by atoms with E-state index in [1.807, 2.05) is 0 Å². The van der Waals surface area contributed by atoms with E-state index < -0.39 is 0 Å². The van der Waals surface area contributed by atoms with Crippen molar-refractivity contribution >= 4 is 0 Å².